The summed E-state index contributed by atoms with van der Waals surface area (Å²) < 4.78 is 47.1. The van der Waals surface area contributed by atoms with Crippen molar-refractivity contribution < 1.29 is 22.0 Å². The number of nitrogens with zero attached hydrogens (tertiary/aromatic N) is 2. The number of benzene rings is 3. The molecule has 1 aromatic heterocycles. The Kier molecular flexibility index (Phi) is 5.88. The van der Waals surface area contributed by atoms with Crippen molar-refractivity contribution >= 4 is 44.0 Å². The number of fused-ring (bicyclic) bond motifs is 1. The molecule has 0 spiro atoms. The van der Waals surface area contributed by atoms with E-state index in [4.69, 9.17) is 10.2 Å². The van der Waals surface area contributed by atoms with Crippen molar-refractivity contribution in [2.75, 3.05) is 23.3 Å². The van der Waals surface area contributed by atoms with Crippen LogP contribution in [-0.2, 0) is 10.0 Å². The van der Waals surface area contributed by atoms with Crippen LogP contribution in [0.1, 0.15) is 40.2 Å². The van der Waals surface area contributed by atoms with Crippen LogP contribution in [0.15, 0.2) is 59.0 Å². The average Bonchev–Trinajstić information content (AvgIpc) is 3.64. The van der Waals surface area contributed by atoms with Gasteiger partial charge in [-0.2, -0.15) is 5.26 Å². The van der Waals surface area contributed by atoms with Crippen LogP contribution >= 0.6 is 0 Å². The quantitative estimate of drug-likeness (QED) is 0.345. The molecule has 8 nitrogen and oxygen atoms in total. The van der Waals surface area contributed by atoms with Crippen molar-refractivity contribution in [2.24, 2.45) is 0 Å². The molecule has 0 bridgehead atoms. The zero-order valence-corrected chi connectivity index (χ0v) is 20.9. The maximum absolute atomic E-state index is 13.6. The van der Waals surface area contributed by atoms with Gasteiger partial charge >= 0.3 is 0 Å². The van der Waals surface area contributed by atoms with Crippen molar-refractivity contribution in [3.8, 4) is 17.4 Å². The molecule has 188 valence electrons. The number of carbonyl (C=O) groups excluding carboxylic acids is 1. The molecule has 0 unspecified atom stereocenters. The van der Waals surface area contributed by atoms with Gasteiger partial charge in [-0.3, -0.25) is 4.79 Å². The molecule has 0 radical (unpaired) electrons. The van der Waals surface area contributed by atoms with Crippen molar-refractivity contribution in [2.45, 2.75) is 18.8 Å². The maximum Gasteiger partial charge on any atom is 0.255 e. The highest BCUT2D eigenvalue weighted by molar-refractivity contribution is 7.92. The summed E-state index contributed by atoms with van der Waals surface area (Å²) in [5.41, 5.74) is 8.70. The maximum atomic E-state index is 13.6. The van der Waals surface area contributed by atoms with Crippen LogP contribution in [-0.4, -0.2) is 27.6 Å². The van der Waals surface area contributed by atoms with E-state index in [0.717, 1.165) is 24.7 Å². The normalized spacial score (nSPS) is 13.4. The molecule has 1 amide bonds. The molecule has 0 atom stereocenters. The van der Waals surface area contributed by atoms with Gasteiger partial charge in [0.05, 0.1) is 28.8 Å². The summed E-state index contributed by atoms with van der Waals surface area (Å²) in [6, 6.07) is 15.4. The number of carbonyl (C=O) groups is 1. The van der Waals surface area contributed by atoms with Crippen molar-refractivity contribution in [1.29, 1.82) is 5.26 Å². The summed E-state index contributed by atoms with van der Waals surface area (Å²) in [4.78, 5) is 13.0. The number of sulfonamides is 1. The zero-order chi connectivity index (χ0) is 26.5. The summed E-state index contributed by atoms with van der Waals surface area (Å²) in [6.45, 7) is 0. The van der Waals surface area contributed by atoms with Gasteiger partial charge in [0.25, 0.3) is 5.91 Å². The Labute approximate surface area is 213 Å². The van der Waals surface area contributed by atoms with Gasteiger partial charge in [0.15, 0.2) is 0 Å². The van der Waals surface area contributed by atoms with Gasteiger partial charge in [-0.05, 0) is 72.9 Å². The third-order valence-electron chi connectivity index (χ3n) is 6.36. The molecule has 1 saturated carbocycles. The molecule has 37 heavy (non-hydrogen) atoms. The SMILES string of the molecule is CNC(=O)c1c(-c2ccc(F)cc2)oc2cc(N(c3ccc(N)c(C#N)c3)S(C)(=O)=O)c(C3CC3)cc12. The zero-order valence-electron chi connectivity index (χ0n) is 20.1. The van der Waals surface area contributed by atoms with E-state index in [9.17, 15) is 22.9 Å². The van der Waals surface area contributed by atoms with E-state index in [-0.39, 0.29) is 40.1 Å². The van der Waals surface area contributed by atoms with Crippen LogP contribution in [0.2, 0.25) is 0 Å². The molecular formula is C27H23FN4O4S. The van der Waals surface area contributed by atoms with E-state index in [1.54, 1.807) is 18.2 Å². The summed E-state index contributed by atoms with van der Waals surface area (Å²) in [7, 11) is -2.36. The molecule has 0 aliphatic heterocycles. The van der Waals surface area contributed by atoms with E-state index in [1.165, 1.54) is 47.8 Å². The van der Waals surface area contributed by atoms with Crippen LogP contribution < -0.4 is 15.4 Å². The molecular weight excluding hydrogens is 495 g/mol. The van der Waals surface area contributed by atoms with Crippen molar-refractivity contribution in [1.82, 2.24) is 5.32 Å². The second-order valence-electron chi connectivity index (χ2n) is 8.98. The first kappa shape index (κ1) is 24.3. The molecule has 1 fully saturated rings. The Bertz CT molecular complexity index is 1700. The van der Waals surface area contributed by atoms with E-state index in [1.807, 2.05) is 6.07 Å². The molecule has 1 aliphatic carbocycles. The average molecular weight is 519 g/mol. The minimum atomic E-state index is -3.87. The number of nitrogen functional groups attached to an aromatic ring is 1. The number of amides is 1. The lowest BCUT2D eigenvalue weighted by Gasteiger charge is -2.25. The Hall–Kier alpha value is -4.36. The third kappa shape index (κ3) is 4.38. The molecule has 10 heteroatoms. The lowest BCUT2D eigenvalue weighted by atomic mass is 10.00. The second kappa shape index (κ2) is 8.94. The fourth-order valence-electron chi connectivity index (χ4n) is 4.48. The van der Waals surface area contributed by atoms with Crippen LogP contribution in [0.25, 0.3) is 22.3 Å². The highest BCUT2D eigenvalue weighted by Gasteiger charge is 2.34. The number of anilines is 3. The summed E-state index contributed by atoms with van der Waals surface area (Å²) in [5, 5.41) is 12.6. The molecule has 1 aliphatic rings. The Morgan fingerprint density at radius 2 is 1.86 bits per heavy atom. The predicted octanol–water partition coefficient (Wildman–Crippen LogP) is 5.03. The monoisotopic (exact) mass is 518 g/mol. The van der Waals surface area contributed by atoms with Crippen LogP contribution in [0, 0.1) is 17.1 Å². The summed E-state index contributed by atoms with van der Waals surface area (Å²) in [6.07, 6.45) is 2.80. The molecule has 0 saturated heterocycles. The Balaban J connectivity index is 1.80. The first-order chi connectivity index (χ1) is 17.6. The number of nitriles is 1. The Morgan fingerprint density at radius 3 is 2.46 bits per heavy atom. The first-order valence-corrected chi connectivity index (χ1v) is 13.4. The van der Waals surface area contributed by atoms with Crippen LogP contribution in [0.4, 0.5) is 21.5 Å². The lowest BCUT2D eigenvalue weighted by molar-refractivity contribution is 0.0964. The fraction of sp³-hybridized carbons (Fsp3) is 0.185. The number of hydrogen-bond donors (Lipinski definition) is 2. The Morgan fingerprint density at radius 1 is 1.16 bits per heavy atom. The van der Waals surface area contributed by atoms with Gasteiger partial charge < -0.3 is 15.5 Å². The fourth-order valence-corrected chi connectivity index (χ4v) is 5.49. The number of hydrogen-bond acceptors (Lipinski definition) is 6. The molecule has 4 aromatic rings. The smallest absolute Gasteiger partial charge is 0.255 e. The standard InChI is InChI=1S/C27H23FN4O4S/c1-31-27(33)25-21-12-20(15-3-4-15)23(13-24(21)36-26(25)16-5-7-18(28)8-6-16)32(37(2,34)35)19-9-10-22(30)17(11-19)14-29/h5-13,15H,3-4,30H2,1-2H3,(H,31,33). The van der Waals surface area contributed by atoms with Crippen LogP contribution in [0.3, 0.4) is 0 Å². The van der Waals surface area contributed by atoms with Crippen molar-refractivity contribution in [3.63, 3.8) is 0 Å². The molecule has 5 rings (SSSR count). The number of rotatable bonds is 6. The molecule has 3 N–H and O–H groups in total. The highest BCUT2D eigenvalue weighted by atomic mass is 32.2. The first-order valence-electron chi connectivity index (χ1n) is 11.5. The minimum Gasteiger partial charge on any atom is -0.455 e. The van der Waals surface area contributed by atoms with E-state index in [2.05, 4.69) is 5.32 Å². The second-order valence-corrected chi connectivity index (χ2v) is 10.8. The van der Waals surface area contributed by atoms with E-state index >= 15 is 0 Å². The number of nitrogens with one attached hydrogen (secondary N) is 1. The summed E-state index contributed by atoms with van der Waals surface area (Å²) in [5.74, 6) is -0.471. The van der Waals surface area contributed by atoms with Crippen molar-refractivity contribution in [3.05, 3.63) is 77.1 Å². The van der Waals surface area contributed by atoms with Gasteiger partial charge in [0.1, 0.15) is 23.2 Å². The van der Waals surface area contributed by atoms with E-state index in [0.29, 0.717) is 22.2 Å². The minimum absolute atomic E-state index is 0.0922. The van der Waals surface area contributed by atoms with Gasteiger partial charge in [-0.15, -0.1) is 0 Å². The molecule has 3 aromatic carbocycles. The van der Waals surface area contributed by atoms with Gasteiger partial charge in [-0.25, -0.2) is 17.1 Å². The third-order valence-corrected chi connectivity index (χ3v) is 7.43. The lowest BCUT2D eigenvalue weighted by Crippen LogP contribution is -2.26. The van der Waals surface area contributed by atoms with Crippen LogP contribution in [0.5, 0.6) is 0 Å². The highest BCUT2D eigenvalue weighted by Crippen LogP contribution is 2.49. The van der Waals surface area contributed by atoms with E-state index < -0.39 is 15.8 Å². The topological polar surface area (TPSA) is 129 Å². The predicted molar refractivity (Wildman–Crippen MR) is 140 cm³/mol. The van der Waals surface area contributed by atoms with Gasteiger partial charge in [0, 0.05) is 29.8 Å². The summed E-state index contributed by atoms with van der Waals surface area (Å²) >= 11 is 0. The van der Waals surface area contributed by atoms with Gasteiger partial charge in [-0.1, -0.05) is 0 Å². The molecule has 1 heterocycles. The largest absolute Gasteiger partial charge is 0.455 e. The number of halogens is 1. The number of nitrogens with two attached hydrogens (primary N) is 1. The van der Waals surface area contributed by atoms with Gasteiger partial charge in [0.2, 0.25) is 10.0 Å². The number of furan rings is 1.